The van der Waals surface area contributed by atoms with Crippen molar-refractivity contribution in [1.82, 2.24) is 4.67 Å². The van der Waals surface area contributed by atoms with Gasteiger partial charge in [0.25, 0.3) is 0 Å². The van der Waals surface area contributed by atoms with E-state index < -0.39 is 8.53 Å². The highest BCUT2D eigenvalue weighted by Crippen LogP contribution is 2.63. The maximum Gasteiger partial charge on any atom is 0.384 e. The van der Waals surface area contributed by atoms with Crippen molar-refractivity contribution in [2.45, 2.75) is 84.5 Å². The minimum Gasteiger partial charge on any atom is -0.426 e. The summed E-state index contributed by atoms with van der Waals surface area (Å²) in [6.45, 7) is 11.0. The van der Waals surface area contributed by atoms with Crippen molar-refractivity contribution in [1.29, 1.82) is 0 Å². The third-order valence-electron chi connectivity index (χ3n) is 7.55. The molecule has 31 heavy (non-hydrogen) atoms. The molecular weight excluding hydrogens is 401 g/mol. The molecule has 1 aliphatic heterocycles. The van der Waals surface area contributed by atoms with E-state index >= 15 is 0 Å². The zero-order chi connectivity index (χ0) is 21.6. The molecule has 0 amide bonds. The maximum atomic E-state index is 6.99. The molecule has 0 saturated heterocycles. The molecule has 4 heteroatoms. The predicted octanol–water partition coefficient (Wildman–Crippen LogP) is 7.11. The number of aryl methyl sites for hydroxylation is 4. The van der Waals surface area contributed by atoms with Crippen molar-refractivity contribution in [2.75, 3.05) is 13.1 Å². The molecule has 0 unspecified atom stereocenters. The zero-order valence-electron chi connectivity index (χ0n) is 19.6. The number of hydrogen-bond acceptors (Lipinski definition) is 3. The Morgan fingerprint density at radius 1 is 0.774 bits per heavy atom. The Bertz CT molecular complexity index is 908. The largest absolute Gasteiger partial charge is 0.426 e. The molecule has 0 saturated carbocycles. The van der Waals surface area contributed by atoms with E-state index in [2.05, 4.69) is 56.6 Å². The summed E-state index contributed by atoms with van der Waals surface area (Å²) in [5.41, 5.74) is 8.77. The molecule has 2 aromatic carbocycles. The number of nitrogens with zero attached hydrogens (tertiary/aromatic N) is 1. The fraction of sp³-hybridized carbons (Fsp3) is 0.556. The Morgan fingerprint density at radius 2 is 1.26 bits per heavy atom. The molecular formula is C27H36NO2P. The minimum absolute atomic E-state index is 0.0768. The highest BCUT2D eigenvalue weighted by molar-refractivity contribution is 7.45. The van der Waals surface area contributed by atoms with Gasteiger partial charge in [0, 0.05) is 29.6 Å². The van der Waals surface area contributed by atoms with E-state index in [9.17, 15) is 0 Å². The summed E-state index contributed by atoms with van der Waals surface area (Å²) in [7, 11) is -1.18. The number of hydrogen-bond donors (Lipinski definition) is 0. The zero-order valence-corrected chi connectivity index (χ0v) is 20.5. The molecule has 3 nitrogen and oxygen atoms in total. The van der Waals surface area contributed by atoms with Crippen LogP contribution >= 0.6 is 8.53 Å². The van der Waals surface area contributed by atoms with Crippen molar-refractivity contribution in [2.24, 2.45) is 0 Å². The van der Waals surface area contributed by atoms with Gasteiger partial charge in [0.1, 0.15) is 11.5 Å². The predicted molar refractivity (Wildman–Crippen MR) is 129 cm³/mol. The van der Waals surface area contributed by atoms with Crippen LogP contribution < -0.4 is 9.05 Å². The fourth-order valence-electron chi connectivity index (χ4n) is 6.09. The third-order valence-corrected chi connectivity index (χ3v) is 9.08. The van der Waals surface area contributed by atoms with Crippen molar-refractivity contribution < 1.29 is 9.05 Å². The smallest absolute Gasteiger partial charge is 0.384 e. The molecule has 1 heterocycles. The number of rotatable bonds is 7. The van der Waals surface area contributed by atoms with Gasteiger partial charge in [0.2, 0.25) is 0 Å². The van der Waals surface area contributed by atoms with E-state index in [-0.39, 0.29) is 5.41 Å². The van der Waals surface area contributed by atoms with Crippen LogP contribution in [0.3, 0.4) is 0 Å². The standard InChI is InChI=1S/C27H36NO2P/c1-5-17-28(18-6-2)31-29-25-19(7-3)9-11-21-13-15-27(23(21)25)16-14-22-12-10-20(8-4)26(30-31)24(22)27/h9-12H,5-8,13-18H2,1-4H3. The van der Waals surface area contributed by atoms with Gasteiger partial charge in [0.15, 0.2) is 0 Å². The van der Waals surface area contributed by atoms with Gasteiger partial charge in [-0.1, -0.05) is 52.0 Å². The van der Waals surface area contributed by atoms with Gasteiger partial charge in [-0.15, -0.1) is 0 Å². The van der Waals surface area contributed by atoms with Gasteiger partial charge in [-0.05, 0) is 73.6 Å². The number of benzene rings is 2. The Labute approximate surface area is 189 Å². The van der Waals surface area contributed by atoms with Crippen LogP contribution in [0, 0.1) is 0 Å². The van der Waals surface area contributed by atoms with E-state index in [0.717, 1.165) is 63.1 Å². The van der Waals surface area contributed by atoms with Crippen LogP contribution in [-0.4, -0.2) is 17.8 Å². The molecule has 0 aromatic heterocycles. The SMILES string of the molecule is CCCN(CCC)P1Oc2c(CC)ccc3c2C2(CC3)CCc3ccc(CC)c(c32)O1. The van der Waals surface area contributed by atoms with Crippen LogP contribution in [0.5, 0.6) is 11.5 Å². The molecule has 0 bridgehead atoms. The molecule has 0 atom stereocenters. The van der Waals surface area contributed by atoms with Gasteiger partial charge in [-0.25, -0.2) is 4.67 Å². The highest BCUT2D eigenvalue weighted by Gasteiger charge is 2.51. The quantitative estimate of drug-likeness (QED) is 0.431. The normalized spacial score (nSPS) is 18.2. The highest BCUT2D eigenvalue weighted by atomic mass is 31.2. The van der Waals surface area contributed by atoms with E-state index in [1.165, 1.54) is 46.2 Å². The molecule has 3 aliphatic rings. The Morgan fingerprint density at radius 3 is 1.68 bits per heavy atom. The van der Waals surface area contributed by atoms with Crippen molar-refractivity contribution in [3.8, 4) is 11.5 Å². The van der Waals surface area contributed by atoms with Crippen molar-refractivity contribution in [3.05, 3.63) is 57.6 Å². The van der Waals surface area contributed by atoms with Crippen LogP contribution in [0.1, 0.15) is 86.8 Å². The van der Waals surface area contributed by atoms with Crippen molar-refractivity contribution >= 4 is 8.53 Å². The molecule has 2 aromatic rings. The van der Waals surface area contributed by atoms with Crippen molar-refractivity contribution in [3.63, 3.8) is 0 Å². The fourth-order valence-corrected chi connectivity index (χ4v) is 7.82. The lowest BCUT2D eigenvalue weighted by Gasteiger charge is -2.38. The second kappa shape index (κ2) is 8.41. The van der Waals surface area contributed by atoms with E-state index in [4.69, 9.17) is 9.05 Å². The van der Waals surface area contributed by atoms with E-state index in [1.54, 1.807) is 0 Å². The lowest BCUT2D eigenvalue weighted by molar-refractivity contribution is 0.335. The van der Waals surface area contributed by atoms with Gasteiger partial charge in [0.05, 0.1) is 0 Å². The first-order chi connectivity index (χ1) is 15.2. The third kappa shape index (κ3) is 3.23. The summed E-state index contributed by atoms with van der Waals surface area (Å²) in [4.78, 5) is 0. The van der Waals surface area contributed by atoms with Crippen LogP contribution in [0.4, 0.5) is 0 Å². The monoisotopic (exact) mass is 437 g/mol. The van der Waals surface area contributed by atoms with Crippen LogP contribution in [0.15, 0.2) is 24.3 Å². The summed E-state index contributed by atoms with van der Waals surface area (Å²) in [5.74, 6) is 2.31. The summed E-state index contributed by atoms with van der Waals surface area (Å²) in [6.07, 6.45) is 8.89. The second-order valence-electron chi connectivity index (χ2n) is 9.34. The summed E-state index contributed by atoms with van der Waals surface area (Å²) in [6, 6.07) is 9.40. The molecule has 0 N–H and O–H groups in total. The first kappa shape index (κ1) is 21.3. The Hall–Kier alpha value is -1.57. The van der Waals surface area contributed by atoms with Gasteiger partial charge < -0.3 is 9.05 Å². The lowest BCUT2D eigenvalue weighted by Crippen LogP contribution is -2.30. The Kier molecular flexibility index (Phi) is 5.78. The average molecular weight is 438 g/mol. The molecule has 1 spiro atoms. The summed E-state index contributed by atoms with van der Waals surface area (Å²) < 4.78 is 16.4. The second-order valence-corrected chi connectivity index (χ2v) is 10.7. The molecule has 5 rings (SSSR count). The average Bonchev–Trinajstić information content (AvgIpc) is 3.34. The molecule has 0 fully saturated rings. The van der Waals surface area contributed by atoms with Gasteiger partial charge in [-0.3, -0.25) is 0 Å². The van der Waals surface area contributed by atoms with Crippen LogP contribution in [0.2, 0.25) is 0 Å². The maximum absolute atomic E-state index is 6.99. The van der Waals surface area contributed by atoms with Crippen LogP contribution in [-0.2, 0) is 31.1 Å². The first-order valence-electron chi connectivity index (χ1n) is 12.4. The first-order valence-corrected chi connectivity index (χ1v) is 13.5. The van der Waals surface area contributed by atoms with Gasteiger partial charge in [-0.2, -0.15) is 0 Å². The van der Waals surface area contributed by atoms with Crippen LogP contribution in [0.25, 0.3) is 0 Å². The molecule has 2 aliphatic carbocycles. The lowest BCUT2D eigenvalue weighted by atomic mass is 9.74. The summed E-state index contributed by atoms with van der Waals surface area (Å²) in [5, 5.41) is 0. The van der Waals surface area contributed by atoms with Gasteiger partial charge >= 0.3 is 8.53 Å². The Balaban J connectivity index is 1.77. The van der Waals surface area contributed by atoms with E-state index in [1.807, 2.05) is 0 Å². The molecule has 0 radical (unpaired) electrons. The minimum atomic E-state index is -1.18. The summed E-state index contributed by atoms with van der Waals surface area (Å²) >= 11 is 0. The van der Waals surface area contributed by atoms with E-state index in [0.29, 0.717) is 0 Å². The molecule has 166 valence electrons. The topological polar surface area (TPSA) is 21.7 Å².